The van der Waals surface area contributed by atoms with Crippen molar-refractivity contribution in [2.24, 2.45) is 5.92 Å². The van der Waals surface area contributed by atoms with Gasteiger partial charge in [-0.05, 0) is 60.4 Å². The number of hydrogen-bond donors (Lipinski definition) is 2. The van der Waals surface area contributed by atoms with Gasteiger partial charge >= 0.3 is 0 Å². The predicted molar refractivity (Wildman–Crippen MR) is 156 cm³/mol. The fourth-order valence-corrected chi connectivity index (χ4v) is 5.07. The fraction of sp³-hybridized carbons (Fsp3) is 0.167. The molecule has 0 spiro atoms. The first-order valence-electron chi connectivity index (χ1n) is 12.8. The van der Waals surface area contributed by atoms with Crippen molar-refractivity contribution in [1.82, 2.24) is 14.5 Å². The van der Waals surface area contributed by atoms with Crippen LogP contribution >= 0.6 is 0 Å². The summed E-state index contributed by atoms with van der Waals surface area (Å²) < 4.78 is 29.3. The number of amides is 2. The Morgan fingerprint density at radius 1 is 1.00 bits per heavy atom. The maximum atomic E-state index is 13.7. The standard InChI is InChI=1S/C30H31N5O4S/c1-2-35(27-14-7-4-8-15-27)30(37)28(29(36)33-40(38,39)17-16-23-10-5-3-6-11-23)19-25-20-32-34(22-25)21-24-12-9-13-26(31)18-24/h3-18,20,22,28H,2,19,21,31H2,1H3,(H,33,36)/b17-16+. The van der Waals surface area contributed by atoms with Crippen molar-refractivity contribution in [2.45, 2.75) is 19.9 Å². The number of rotatable bonds is 11. The van der Waals surface area contributed by atoms with Crippen LogP contribution in [0.1, 0.15) is 23.6 Å². The molecule has 1 atom stereocenters. The molecule has 0 saturated carbocycles. The van der Waals surface area contributed by atoms with Crippen molar-refractivity contribution in [3.05, 3.63) is 119 Å². The van der Waals surface area contributed by atoms with Crippen LogP contribution in [0.25, 0.3) is 6.08 Å². The molecule has 0 aliphatic rings. The highest BCUT2D eigenvalue weighted by Gasteiger charge is 2.33. The van der Waals surface area contributed by atoms with Crippen molar-refractivity contribution < 1.29 is 18.0 Å². The molecule has 1 aromatic heterocycles. The Kier molecular flexibility index (Phi) is 9.13. The normalized spacial score (nSPS) is 12.2. The molecule has 0 radical (unpaired) electrons. The lowest BCUT2D eigenvalue weighted by atomic mass is 9.99. The van der Waals surface area contributed by atoms with Crippen LogP contribution in [0, 0.1) is 5.92 Å². The number of carbonyl (C=O) groups is 2. The van der Waals surface area contributed by atoms with E-state index in [9.17, 15) is 18.0 Å². The minimum atomic E-state index is -4.17. The van der Waals surface area contributed by atoms with Crippen LogP contribution in [0.4, 0.5) is 11.4 Å². The Morgan fingerprint density at radius 3 is 2.38 bits per heavy atom. The third-order valence-electron chi connectivity index (χ3n) is 6.17. The lowest BCUT2D eigenvalue weighted by molar-refractivity contribution is -0.132. The fourth-order valence-electron chi connectivity index (χ4n) is 4.24. The van der Waals surface area contributed by atoms with E-state index in [-0.39, 0.29) is 6.42 Å². The number of nitrogen functional groups attached to an aromatic ring is 1. The molecule has 0 aliphatic carbocycles. The van der Waals surface area contributed by atoms with E-state index in [4.69, 9.17) is 5.73 Å². The molecule has 1 heterocycles. The van der Waals surface area contributed by atoms with Crippen molar-refractivity contribution in [3.63, 3.8) is 0 Å². The number of aromatic nitrogens is 2. The second kappa shape index (κ2) is 12.9. The van der Waals surface area contributed by atoms with Gasteiger partial charge in [0.1, 0.15) is 5.92 Å². The van der Waals surface area contributed by atoms with E-state index >= 15 is 0 Å². The van der Waals surface area contributed by atoms with Crippen LogP contribution in [-0.4, -0.2) is 36.6 Å². The topological polar surface area (TPSA) is 127 Å². The number of nitrogens with two attached hydrogens (primary N) is 1. The number of hydrogen-bond acceptors (Lipinski definition) is 6. The molecule has 206 valence electrons. The number of nitrogens with one attached hydrogen (secondary N) is 1. The summed E-state index contributed by atoms with van der Waals surface area (Å²) in [6, 6.07) is 25.2. The van der Waals surface area contributed by atoms with Gasteiger partial charge in [-0.3, -0.25) is 14.3 Å². The Hall–Kier alpha value is -4.70. The first-order valence-corrected chi connectivity index (χ1v) is 14.3. The summed E-state index contributed by atoms with van der Waals surface area (Å²) in [4.78, 5) is 28.6. The zero-order valence-electron chi connectivity index (χ0n) is 22.1. The Balaban J connectivity index is 1.57. The minimum Gasteiger partial charge on any atom is -0.399 e. The van der Waals surface area contributed by atoms with Crippen molar-refractivity contribution in [1.29, 1.82) is 0 Å². The summed E-state index contributed by atoms with van der Waals surface area (Å²) in [7, 11) is -4.17. The first-order chi connectivity index (χ1) is 19.2. The molecule has 1 unspecified atom stereocenters. The summed E-state index contributed by atoms with van der Waals surface area (Å²) in [6.07, 6.45) is 4.65. The summed E-state index contributed by atoms with van der Waals surface area (Å²) in [6.45, 7) is 2.53. The van der Waals surface area contributed by atoms with Crippen LogP contribution in [-0.2, 0) is 32.6 Å². The van der Waals surface area contributed by atoms with Gasteiger partial charge in [0, 0.05) is 24.1 Å². The van der Waals surface area contributed by atoms with Crippen LogP contribution in [0.15, 0.2) is 103 Å². The molecule has 0 saturated heterocycles. The summed E-state index contributed by atoms with van der Waals surface area (Å²) >= 11 is 0. The SMILES string of the molecule is CCN(C(=O)C(Cc1cnn(Cc2cccc(N)c2)c1)C(=O)NS(=O)(=O)/C=C/c1ccccc1)c1ccccc1. The number of benzene rings is 3. The molecule has 2 amide bonds. The Labute approximate surface area is 234 Å². The van der Waals surface area contributed by atoms with E-state index in [1.165, 1.54) is 11.0 Å². The molecule has 9 nitrogen and oxygen atoms in total. The molecule has 0 aliphatic heterocycles. The van der Waals surface area contributed by atoms with Crippen molar-refractivity contribution >= 4 is 39.3 Å². The molecule has 10 heteroatoms. The van der Waals surface area contributed by atoms with E-state index in [2.05, 4.69) is 9.82 Å². The molecule has 3 N–H and O–H groups in total. The molecule has 40 heavy (non-hydrogen) atoms. The molecule has 0 fully saturated rings. The first kappa shape index (κ1) is 28.3. The summed E-state index contributed by atoms with van der Waals surface area (Å²) in [5, 5.41) is 5.28. The van der Waals surface area contributed by atoms with Crippen LogP contribution in [0.3, 0.4) is 0 Å². The van der Waals surface area contributed by atoms with E-state index in [0.717, 1.165) is 11.0 Å². The van der Waals surface area contributed by atoms with Gasteiger partial charge in [-0.2, -0.15) is 5.10 Å². The van der Waals surface area contributed by atoms with Crippen LogP contribution in [0.2, 0.25) is 0 Å². The van der Waals surface area contributed by atoms with Crippen molar-refractivity contribution in [3.8, 4) is 0 Å². The summed E-state index contributed by atoms with van der Waals surface area (Å²) in [5.41, 5.74) is 9.32. The molecule has 4 rings (SSSR count). The zero-order valence-corrected chi connectivity index (χ0v) is 22.9. The maximum absolute atomic E-state index is 13.7. The van der Waals surface area contributed by atoms with E-state index in [1.54, 1.807) is 78.6 Å². The highest BCUT2D eigenvalue weighted by atomic mass is 32.2. The average Bonchev–Trinajstić information content (AvgIpc) is 3.38. The Morgan fingerprint density at radius 2 is 1.70 bits per heavy atom. The Bertz CT molecular complexity index is 1580. The van der Waals surface area contributed by atoms with Crippen LogP contribution < -0.4 is 15.4 Å². The van der Waals surface area contributed by atoms with Gasteiger partial charge in [-0.25, -0.2) is 13.1 Å². The highest BCUT2D eigenvalue weighted by Crippen LogP contribution is 2.20. The van der Waals surface area contributed by atoms with E-state index < -0.39 is 27.8 Å². The second-order valence-corrected chi connectivity index (χ2v) is 10.8. The quantitative estimate of drug-likeness (QED) is 0.213. The molecular weight excluding hydrogens is 526 g/mol. The summed E-state index contributed by atoms with van der Waals surface area (Å²) in [5.74, 6) is -2.75. The monoisotopic (exact) mass is 557 g/mol. The van der Waals surface area contributed by atoms with Gasteiger partial charge in [0.15, 0.2) is 0 Å². The maximum Gasteiger partial charge on any atom is 0.257 e. The van der Waals surface area contributed by atoms with Gasteiger partial charge in [-0.15, -0.1) is 0 Å². The third kappa shape index (κ3) is 7.67. The van der Waals surface area contributed by atoms with Gasteiger partial charge in [-0.1, -0.05) is 60.7 Å². The van der Waals surface area contributed by atoms with Gasteiger partial charge in [0.25, 0.3) is 10.0 Å². The zero-order chi connectivity index (χ0) is 28.5. The smallest absolute Gasteiger partial charge is 0.257 e. The molecular formula is C30H31N5O4S. The number of carbonyl (C=O) groups excluding carboxylic acids is 2. The lowest BCUT2D eigenvalue weighted by Crippen LogP contribution is -2.46. The molecule has 4 aromatic rings. The minimum absolute atomic E-state index is 0.0388. The molecule has 0 bridgehead atoms. The number of sulfonamides is 1. The molecule has 3 aromatic carbocycles. The number of para-hydroxylation sites is 1. The number of nitrogens with zero attached hydrogens (tertiary/aromatic N) is 3. The van der Waals surface area contributed by atoms with Gasteiger partial charge in [0.2, 0.25) is 11.8 Å². The van der Waals surface area contributed by atoms with Gasteiger partial charge in [0.05, 0.1) is 18.1 Å². The van der Waals surface area contributed by atoms with Crippen molar-refractivity contribution in [2.75, 3.05) is 17.2 Å². The third-order valence-corrected chi connectivity index (χ3v) is 7.15. The predicted octanol–water partition coefficient (Wildman–Crippen LogP) is 3.84. The van der Waals surface area contributed by atoms with Crippen LogP contribution in [0.5, 0.6) is 0 Å². The average molecular weight is 558 g/mol. The van der Waals surface area contributed by atoms with Gasteiger partial charge < -0.3 is 10.6 Å². The largest absolute Gasteiger partial charge is 0.399 e. The number of anilines is 2. The van der Waals surface area contributed by atoms with E-state index in [0.29, 0.717) is 35.6 Å². The lowest BCUT2D eigenvalue weighted by Gasteiger charge is -2.25. The highest BCUT2D eigenvalue weighted by molar-refractivity contribution is 7.93. The van der Waals surface area contributed by atoms with E-state index in [1.807, 2.05) is 30.3 Å². The second-order valence-electron chi connectivity index (χ2n) is 9.19.